The topological polar surface area (TPSA) is 73.8 Å². The van der Waals surface area contributed by atoms with Crippen molar-refractivity contribution in [1.82, 2.24) is 14.9 Å². The predicted molar refractivity (Wildman–Crippen MR) is 114 cm³/mol. The van der Waals surface area contributed by atoms with Crippen LogP contribution in [0, 0.1) is 5.82 Å². The number of hydrogen-bond acceptors (Lipinski definition) is 3. The molecule has 0 spiro atoms. The number of benzene rings is 1. The summed E-state index contributed by atoms with van der Waals surface area (Å²) in [5.41, 5.74) is -4.34. The smallest absolute Gasteiger partial charge is 0.357 e. The molecule has 1 aliphatic heterocycles. The van der Waals surface area contributed by atoms with Crippen molar-refractivity contribution in [1.29, 1.82) is 0 Å². The zero-order chi connectivity index (χ0) is 20.8. The highest BCUT2D eigenvalue weighted by atomic mass is 127. The second-order valence-corrected chi connectivity index (χ2v) is 8.34. The first-order valence-electron chi connectivity index (χ1n) is 8.99. The molecule has 1 aromatic carbocycles. The van der Waals surface area contributed by atoms with Crippen LogP contribution in [-0.2, 0) is 16.4 Å². The van der Waals surface area contributed by atoms with E-state index in [1.54, 1.807) is 12.1 Å². The number of aliphatic imine (C=N–C) groups is 1. The Morgan fingerprint density at radius 1 is 1.21 bits per heavy atom. The summed E-state index contributed by atoms with van der Waals surface area (Å²) in [6, 6.07) is 5.95. The van der Waals surface area contributed by atoms with Crippen molar-refractivity contribution < 1.29 is 26.0 Å². The molecule has 166 valence electrons. The number of nitrogens with one attached hydrogen (secondary N) is 2. The molecule has 1 heterocycles. The van der Waals surface area contributed by atoms with Gasteiger partial charge in [-0.25, -0.2) is 12.8 Å². The Labute approximate surface area is 185 Å². The second kappa shape index (κ2) is 11.3. The fourth-order valence-electron chi connectivity index (χ4n) is 2.85. The molecule has 1 aromatic rings. The lowest BCUT2D eigenvalue weighted by Crippen LogP contribution is -2.51. The fraction of sp³-hybridized carbons (Fsp3) is 0.588. The maximum absolute atomic E-state index is 12.9. The molecule has 2 rings (SSSR count). The van der Waals surface area contributed by atoms with E-state index in [1.807, 2.05) is 6.92 Å². The van der Waals surface area contributed by atoms with Gasteiger partial charge in [0.1, 0.15) is 5.82 Å². The van der Waals surface area contributed by atoms with Crippen LogP contribution in [0.1, 0.15) is 25.3 Å². The molecule has 0 amide bonds. The van der Waals surface area contributed by atoms with Crippen LogP contribution in [0.15, 0.2) is 29.3 Å². The van der Waals surface area contributed by atoms with Crippen LogP contribution >= 0.6 is 24.0 Å². The highest BCUT2D eigenvalue weighted by Gasteiger charge is 2.50. The van der Waals surface area contributed by atoms with Gasteiger partial charge >= 0.3 is 15.5 Å². The normalized spacial score (nSPS) is 16.9. The highest BCUT2D eigenvalue weighted by molar-refractivity contribution is 14.0. The highest BCUT2D eigenvalue weighted by Crippen LogP contribution is 2.28. The Kier molecular flexibility index (Phi) is 10.1. The van der Waals surface area contributed by atoms with Gasteiger partial charge in [0.05, 0.1) is 0 Å². The van der Waals surface area contributed by atoms with E-state index in [9.17, 15) is 26.0 Å². The quantitative estimate of drug-likeness (QED) is 0.247. The Bertz CT molecular complexity index is 765. The number of guanidine groups is 1. The van der Waals surface area contributed by atoms with Gasteiger partial charge in [0, 0.05) is 32.2 Å². The van der Waals surface area contributed by atoms with Crippen molar-refractivity contribution in [3.8, 4) is 0 Å². The van der Waals surface area contributed by atoms with Crippen LogP contribution < -0.4 is 10.6 Å². The summed E-state index contributed by atoms with van der Waals surface area (Å²) in [6.07, 6.45) is 1.11. The first-order chi connectivity index (χ1) is 13.1. The largest absolute Gasteiger partial charge is 0.511 e. The number of sulfonamides is 1. The van der Waals surface area contributed by atoms with Gasteiger partial charge < -0.3 is 10.6 Å². The van der Waals surface area contributed by atoms with Gasteiger partial charge in [0.2, 0.25) is 0 Å². The maximum Gasteiger partial charge on any atom is 0.511 e. The molecule has 29 heavy (non-hydrogen) atoms. The molecule has 2 N–H and O–H groups in total. The van der Waals surface area contributed by atoms with Gasteiger partial charge in [0.25, 0.3) is 0 Å². The first-order valence-corrected chi connectivity index (χ1v) is 10.4. The van der Waals surface area contributed by atoms with Crippen molar-refractivity contribution in [2.24, 2.45) is 4.99 Å². The Morgan fingerprint density at radius 2 is 1.79 bits per heavy atom. The molecule has 0 atom stereocenters. The number of rotatable bonds is 6. The molecule has 0 saturated carbocycles. The third-order valence-electron chi connectivity index (χ3n) is 4.36. The zero-order valence-corrected chi connectivity index (χ0v) is 19.0. The molecular weight excluding hydrogens is 527 g/mol. The van der Waals surface area contributed by atoms with Gasteiger partial charge in [-0.2, -0.15) is 17.5 Å². The van der Waals surface area contributed by atoms with E-state index in [0.717, 1.165) is 5.56 Å². The summed E-state index contributed by atoms with van der Waals surface area (Å²) in [5, 5.41) is 6.20. The number of hydrogen-bond donors (Lipinski definition) is 2. The van der Waals surface area contributed by atoms with Gasteiger partial charge in [0.15, 0.2) is 5.96 Å². The summed E-state index contributed by atoms with van der Waals surface area (Å²) in [4.78, 5) is 4.42. The molecule has 1 fully saturated rings. The maximum atomic E-state index is 12.9. The minimum absolute atomic E-state index is 0. The minimum Gasteiger partial charge on any atom is -0.357 e. The van der Waals surface area contributed by atoms with Crippen molar-refractivity contribution in [2.75, 3.05) is 26.2 Å². The summed E-state index contributed by atoms with van der Waals surface area (Å²) in [6.45, 7) is 2.53. The van der Waals surface area contributed by atoms with Crippen molar-refractivity contribution in [3.05, 3.63) is 35.6 Å². The van der Waals surface area contributed by atoms with Crippen molar-refractivity contribution in [3.63, 3.8) is 0 Å². The Morgan fingerprint density at radius 3 is 2.31 bits per heavy atom. The van der Waals surface area contributed by atoms with E-state index in [4.69, 9.17) is 0 Å². The van der Waals surface area contributed by atoms with Gasteiger partial charge in [-0.15, -0.1) is 24.0 Å². The van der Waals surface area contributed by atoms with Crippen molar-refractivity contribution in [2.45, 2.75) is 37.7 Å². The van der Waals surface area contributed by atoms with Crippen LogP contribution in [0.4, 0.5) is 17.6 Å². The molecule has 1 saturated heterocycles. The van der Waals surface area contributed by atoms with E-state index in [1.165, 1.54) is 12.1 Å². The van der Waals surface area contributed by atoms with Crippen LogP contribution in [0.5, 0.6) is 0 Å². The number of halogens is 5. The average molecular weight is 552 g/mol. The van der Waals surface area contributed by atoms with E-state index in [-0.39, 0.29) is 61.8 Å². The summed E-state index contributed by atoms with van der Waals surface area (Å²) in [7, 11) is -5.28. The molecule has 1 aliphatic rings. The summed E-state index contributed by atoms with van der Waals surface area (Å²) < 4.78 is 74.2. The standard InChI is InChI=1S/C17H24F4N4O2S.HI/c1-2-22-16(23-10-7-13-3-5-14(18)6-4-13)24-15-8-11-25(12-9-15)28(26,27)17(19,20)21;/h3-6,15H,2,7-12H2,1H3,(H2,22,23,24);1H. The summed E-state index contributed by atoms with van der Waals surface area (Å²) >= 11 is 0. The van der Waals surface area contributed by atoms with Gasteiger partial charge in [-0.3, -0.25) is 4.99 Å². The molecule has 12 heteroatoms. The molecule has 6 nitrogen and oxygen atoms in total. The van der Waals surface area contributed by atoms with Gasteiger partial charge in [-0.05, 0) is 43.9 Å². The SMILES string of the molecule is CCNC(=NCCc1ccc(F)cc1)NC1CCN(S(=O)(=O)C(F)(F)F)CC1.I. The monoisotopic (exact) mass is 552 g/mol. The number of nitrogens with zero attached hydrogens (tertiary/aromatic N) is 2. The van der Waals surface area contributed by atoms with Crippen LogP contribution in [0.2, 0.25) is 0 Å². The zero-order valence-electron chi connectivity index (χ0n) is 15.9. The lowest BCUT2D eigenvalue weighted by molar-refractivity contribution is -0.0494. The summed E-state index contributed by atoms with van der Waals surface area (Å²) in [5.74, 6) is 0.211. The molecule has 0 unspecified atom stereocenters. The van der Waals surface area contributed by atoms with E-state index in [2.05, 4.69) is 15.6 Å². The second-order valence-electron chi connectivity index (χ2n) is 6.41. The molecule has 0 aliphatic carbocycles. The minimum atomic E-state index is -5.28. The molecule has 0 aromatic heterocycles. The van der Waals surface area contributed by atoms with Gasteiger partial charge in [-0.1, -0.05) is 12.1 Å². The third kappa shape index (κ3) is 7.55. The van der Waals surface area contributed by atoms with E-state index in [0.29, 0.717) is 29.8 Å². The lowest BCUT2D eigenvalue weighted by atomic mass is 10.1. The Hall–Kier alpha value is -1.15. The van der Waals surface area contributed by atoms with E-state index >= 15 is 0 Å². The third-order valence-corrected chi connectivity index (χ3v) is 5.99. The van der Waals surface area contributed by atoms with Crippen LogP contribution in [0.25, 0.3) is 0 Å². The molecular formula is C17H25F4IN4O2S. The van der Waals surface area contributed by atoms with Crippen LogP contribution in [0.3, 0.4) is 0 Å². The molecule has 0 bridgehead atoms. The van der Waals surface area contributed by atoms with E-state index < -0.39 is 15.5 Å². The Balaban J connectivity index is 0.00000420. The predicted octanol–water partition coefficient (Wildman–Crippen LogP) is 2.86. The molecule has 0 radical (unpaired) electrons. The average Bonchev–Trinajstić information content (AvgIpc) is 2.63. The first kappa shape index (κ1) is 25.9. The number of alkyl halides is 3. The number of piperidine rings is 1. The van der Waals surface area contributed by atoms with Crippen molar-refractivity contribution >= 4 is 40.0 Å². The fourth-order valence-corrected chi connectivity index (χ4v) is 3.83. The lowest BCUT2D eigenvalue weighted by Gasteiger charge is -2.32. The van der Waals surface area contributed by atoms with Crippen LogP contribution in [-0.4, -0.2) is 56.4 Å².